The fourth-order valence-electron chi connectivity index (χ4n) is 1.93. The molecule has 2 amide bonds. The van der Waals surface area contributed by atoms with Crippen molar-refractivity contribution in [2.24, 2.45) is 0 Å². The summed E-state index contributed by atoms with van der Waals surface area (Å²) in [5.74, 6) is 0. The number of hydrogen-bond donors (Lipinski definition) is 1. The quantitative estimate of drug-likeness (QED) is 0.790. The van der Waals surface area contributed by atoms with Gasteiger partial charge in [0.25, 0.3) is 0 Å². The highest BCUT2D eigenvalue weighted by molar-refractivity contribution is 5.74. The second-order valence-corrected chi connectivity index (χ2v) is 4.93. The zero-order chi connectivity index (χ0) is 12.0. The normalized spacial score (nSPS) is 17.5. The number of amides is 2. The Hall–Kier alpha value is -0.770. The van der Waals surface area contributed by atoms with Crippen LogP contribution in [0.5, 0.6) is 0 Å². The third kappa shape index (κ3) is 4.84. The summed E-state index contributed by atoms with van der Waals surface area (Å²) < 4.78 is 0. The number of rotatable bonds is 4. The van der Waals surface area contributed by atoms with E-state index < -0.39 is 0 Å². The molecular weight excluding hydrogens is 202 g/mol. The van der Waals surface area contributed by atoms with E-state index >= 15 is 0 Å². The van der Waals surface area contributed by atoms with E-state index in [9.17, 15) is 4.79 Å². The van der Waals surface area contributed by atoms with Crippen LogP contribution in [0.2, 0.25) is 0 Å². The lowest BCUT2D eigenvalue weighted by Gasteiger charge is -2.28. The van der Waals surface area contributed by atoms with Crippen molar-refractivity contribution in [1.82, 2.24) is 15.1 Å². The molecule has 0 aliphatic carbocycles. The summed E-state index contributed by atoms with van der Waals surface area (Å²) in [6.07, 6.45) is 3.98. The molecule has 1 aliphatic rings. The van der Waals surface area contributed by atoms with Crippen molar-refractivity contribution in [3.8, 4) is 0 Å². The first-order valence-electron chi connectivity index (χ1n) is 6.33. The van der Waals surface area contributed by atoms with Gasteiger partial charge < -0.3 is 15.1 Å². The number of piperidine rings is 1. The van der Waals surface area contributed by atoms with Gasteiger partial charge in [0.05, 0.1) is 0 Å². The monoisotopic (exact) mass is 227 g/mol. The largest absolute Gasteiger partial charge is 0.336 e. The first-order chi connectivity index (χ1) is 7.59. The highest BCUT2D eigenvalue weighted by Gasteiger charge is 2.13. The SMILES string of the molecule is CC(C)NC(=O)N(C)CCN1CCCCC1. The van der Waals surface area contributed by atoms with Crippen LogP contribution in [0.25, 0.3) is 0 Å². The van der Waals surface area contributed by atoms with Gasteiger partial charge >= 0.3 is 6.03 Å². The predicted molar refractivity (Wildman–Crippen MR) is 66.6 cm³/mol. The molecular formula is C12H25N3O. The molecule has 1 heterocycles. The zero-order valence-electron chi connectivity index (χ0n) is 10.8. The Morgan fingerprint density at radius 1 is 1.31 bits per heavy atom. The van der Waals surface area contributed by atoms with Crippen molar-refractivity contribution >= 4 is 6.03 Å². The van der Waals surface area contributed by atoms with E-state index in [1.54, 1.807) is 4.90 Å². The van der Waals surface area contributed by atoms with Gasteiger partial charge in [0, 0.05) is 26.2 Å². The third-order valence-corrected chi connectivity index (χ3v) is 2.96. The Morgan fingerprint density at radius 3 is 2.50 bits per heavy atom. The fourth-order valence-corrected chi connectivity index (χ4v) is 1.93. The van der Waals surface area contributed by atoms with E-state index in [1.807, 2.05) is 20.9 Å². The van der Waals surface area contributed by atoms with Gasteiger partial charge in [-0.1, -0.05) is 6.42 Å². The van der Waals surface area contributed by atoms with E-state index in [2.05, 4.69) is 10.2 Å². The molecule has 1 fully saturated rings. The third-order valence-electron chi connectivity index (χ3n) is 2.96. The average molecular weight is 227 g/mol. The number of carbonyl (C=O) groups is 1. The molecule has 0 aromatic carbocycles. The van der Waals surface area contributed by atoms with Gasteiger partial charge in [-0.05, 0) is 39.8 Å². The maximum atomic E-state index is 11.6. The smallest absolute Gasteiger partial charge is 0.317 e. The number of urea groups is 1. The first-order valence-corrected chi connectivity index (χ1v) is 6.33. The Labute approximate surface area is 99.0 Å². The van der Waals surface area contributed by atoms with Crippen molar-refractivity contribution in [2.45, 2.75) is 39.2 Å². The highest BCUT2D eigenvalue weighted by atomic mass is 16.2. The molecule has 0 atom stereocenters. The van der Waals surface area contributed by atoms with Crippen molar-refractivity contribution in [3.05, 3.63) is 0 Å². The van der Waals surface area contributed by atoms with Gasteiger partial charge in [-0.15, -0.1) is 0 Å². The summed E-state index contributed by atoms with van der Waals surface area (Å²) in [7, 11) is 1.86. The molecule has 0 aromatic rings. The number of likely N-dealkylation sites (N-methyl/N-ethyl adjacent to an activating group) is 1. The van der Waals surface area contributed by atoms with Crippen LogP contribution in [0.3, 0.4) is 0 Å². The Balaban J connectivity index is 2.17. The Bertz CT molecular complexity index is 212. The molecule has 4 heteroatoms. The number of carbonyl (C=O) groups excluding carboxylic acids is 1. The van der Waals surface area contributed by atoms with Gasteiger partial charge in [-0.3, -0.25) is 0 Å². The van der Waals surface area contributed by atoms with E-state index in [-0.39, 0.29) is 12.1 Å². The number of hydrogen-bond acceptors (Lipinski definition) is 2. The van der Waals surface area contributed by atoms with Crippen LogP contribution < -0.4 is 5.32 Å². The summed E-state index contributed by atoms with van der Waals surface area (Å²) in [6, 6.07) is 0.247. The molecule has 1 N–H and O–H groups in total. The molecule has 0 saturated carbocycles. The number of nitrogens with one attached hydrogen (secondary N) is 1. The van der Waals surface area contributed by atoms with E-state index in [1.165, 1.54) is 32.4 Å². The average Bonchev–Trinajstić information content (AvgIpc) is 2.26. The predicted octanol–water partition coefficient (Wildman–Crippen LogP) is 1.52. The van der Waals surface area contributed by atoms with Crippen LogP contribution in [-0.4, -0.2) is 55.1 Å². The van der Waals surface area contributed by atoms with Gasteiger partial charge in [0.15, 0.2) is 0 Å². The summed E-state index contributed by atoms with van der Waals surface area (Å²) in [5.41, 5.74) is 0. The summed E-state index contributed by atoms with van der Waals surface area (Å²) in [5, 5.41) is 2.90. The van der Waals surface area contributed by atoms with Gasteiger partial charge in [0.1, 0.15) is 0 Å². The standard InChI is InChI=1S/C12H25N3O/c1-11(2)13-12(16)14(3)9-10-15-7-5-4-6-8-15/h11H,4-10H2,1-3H3,(H,13,16). The lowest BCUT2D eigenvalue weighted by molar-refractivity contribution is 0.182. The zero-order valence-corrected chi connectivity index (χ0v) is 10.8. The minimum atomic E-state index is 0.0343. The van der Waals surface area contributed by atoms with E-state index in [0.717, 1.165) is 13.1 Å². The minimum Gasteiger partial charge on any atom is -0.336 e. The molecule has 16 heavy (non-hydrogen) atoms. The molecule has 0 aromatic heterocycles. The Kier molecular flexibility index (Phi) is 5.60. The van der Waals surface area contributed by atoms with Crippen LogP contribution in [0.1, 0.15) is 33.1 Å². The molecule has 1 rings (SSSR count). The van der Waals surface area contributed by atoms with Gasteiger partial charge in [0.2, 0.25) is 0 Å². The molecule has 0 spiro atoms. The second kappa shape index (κ2) is 6.74. The maximum Gasteiger partial charge on any atom is 0.317 e. The molecule has 0 radical (unpaired) electrons. The molecule has 94 valence electrons. The molecule has 0 bridgehead atoms. The maximum absolute atomic E-state index is 11.6. The van der Waals surface area contributed by atoms with Crippen molar-refractivity contribution in [1.29, 1.82) is 0 Å². The van der Waals surface area contributed by atoms with Crippen LogP contribution in [0.15, 0.2) is 0 Å². The lowest BCUT2D eigenvalue weighted by atomic mass is 10.1. The van der Waals surface area contributed by atoms with E-state index in [4.69, 9.17) is 0 Å². The summed E-state index contributed by atoms with van der Waals surface area (Å²) in [6.45, 7) is 8.17. The molecule has 0 unspecified atom stereocenters. The fraction of sp³-hybridized carbons (Fsp3) is 0.917. The number of likely N-dealkylation sites (tertiary alicyclic amines) is 1. The van der Waals surface area contributed by atoms with Crippen LogP contribution in [0.4, 0.5) is 4.79 Å². The second-order valence-electron chi connectivity index (χ2n) is 4.93. The van der Waals surface area contributed by atoms with Crippen LogP contribution in [-0.2, 0) is 0 Å². The van der Waals surface area contributed by atoms with Crippen molar-refractivity contribution in [3.63, 3.8) is 0 Å². The Morgan fingerprint density at radius 2 is 1.94 bits per heavy atom. The van der Waals surface area contributed by atoms with Gasteiger partial charge in [-0.2, -0.15) is 0 Å². The molecule has 1 aliphatic heterocycles. The van der Waals surface area contributed by atoms with Crippen molar-refractivity contribution < 1.29 is 4.79 Å². The molecule has 1 saturated heterocycles. The van der Waals surface area contributed by atoms with E-state index in [0.29, 0.717) is 0 Å². The van der Waals surface area contributed by atoms with Gasteiger partial charge in [-0.25, -0.2) is 4.79 Å². The molecule has 4 nitrogen and oxygen atoms in total. The number of nitrogens with zero attached hydrogens (tertiary/aromatic N) is 2. The summed E-state index contributed by atoms with van der Waals surface area (Å²) in [4.78, 5) is 15.8. The van der Waals surface area contributed by atoms with Crippen molar-refractivity contribution in [2.75, 3.05) is 33.2 Å². The summed E-state index contributed by atoms with van der Waals surface area (Å²) >= 11 is 0. The first kappa shape index (κ1) is 13.3. The minimum absolute atomic E-state index is 0.0343. The topological polar surface area (TPSA) is 35.6 Å². The van der Waals surface area contributed by atoms with Crippen LogP contribution in [0, 0.1) is 0 Å². The highest BCUT2D eigenvalue weighted by Crippen LogP contribution is 2.07. The lowest BCUT2D eigenvalue weighted by Crippen LogP contribution is -2.44. The van der Waals surface area contributed by atoms with Crippen LogP contribution >= 0.6 is 0 Å².